The van der Waals surface area contributed by atoms with E-state index in [1.54, 1.807) is 54.6 Å². The van der Waals surface area contributed by atoms with E-state index in [-0.39, 0.29) is 16.6 Å². The number of benzene rings is 2. The molecule has 0 aliphatic heterocycles. The lowest BCUT2D eigenvalue weighted by molar-refractivity contribution is -0.141. The topological polar surface area (TPSA) is 64.1 Å². The van der Waals surface area contributed by atoms with Gasteiger partial charge in [-0.3, -0.25) is 4.79 Å². The normalized spacial score (nSPS) is 11.2. The molecule has 0 saturated heterocycles. The lowest BCUT2D eigenvalue weighted by Gasteiger charge is -2.12. The number of aromatic nitrogens is 2. The molecule has 1 heterocycles. The minimum absolute atomic E-state index is 0.128. The third kappa shape index (κ3) is 5.73. The number of halogens is 3. The van der Waals surface area contributed by atoms with Crippen molar-refractivity contribution in [2.45, 2.75) is 18.3 Å². The number of amides is 1. The van der Waals surface area contributed by atoms with Crippen LogP contribution in [0.1, 0.15) is 12.6 Å². The van der Waals surface area contributed by atoms with Crippen molar-refractivity contribution >= 4 is 23.4 Å². The molecule has 3 aromatic rings. The predicted octanol–water partition coefficient (Wildman–Crippen LogP) is 5.29. The van der Waals surface area contributed by atoms with Gasteiger partial charge in [0.2, 0.25) is 5.91 Å². The van der Waals surface area contributed by atoms with Gasteiger partial charge in [-0.1, -0.05) is 54.2 Å². The van der Waals surface area contributed by atoms with Crippen LogP contribution in [0.2, 0.25) is 0 Å². The highest BCUT2D eigenvalue weighted by Gasteiger charge is 2.34. The number of alkyl halides is 3. The van der Waals surface area contributed by atoms with E-state index in [4.69, 9.17) is 4.74 Å². The number of hydrogen-bond acceptors (Lipinski definition) is 5. The van der Waals surface area contributed by atoms with Crippen molar-refractivity contribution in [1.29, 1.82) is 0 Å². The molecule has 0 radical (unpaired) electrons. The Balaban J connectivity index is 1.77. The molecule has 0 fully saturated rings. The first kappa shape index (κ1) is 21.6. The Hall–Kier alpha value is -3.07. The zero-order valence-corrected chi connectivity index (χ0v) is 16.8. The van der Waals surface area contributed by atoms with Crippen LogP contribution in [-0.4, -0.2) is 28.2 Å². The number of hydrogen-bond donors (Lipinski definition) is 1. The lowest BCUT2D eigenvalue weighted by atomic mass is 10.1. The number of nitrogens with one attached hydrogen (secondary N) is 1. The highest BCUT2D eigenvalue weighted by atomic mass is 32.2. The van der Waals surface area contributed by atoms with E-state index >= 15 is 0 Å². The van der Waals surface area contributed by atoms with Crippen LogP contribution in [0.3, 0.4) is 0 Å². The van der Waals surface area contributed by atoms with Crippen molar-refractivity contribution in [2.24, 2.45) is 0 Å². The van der Waals surface area contributed by atoms with Crippen molar-refractivity contribution < 1.29 is 22.7 Å². The second kappa shape index (κ2) is 9.62. The quantitative estimate of drug-likeness (QED) is 0.405. The van der Waals surface area contributed by atoms with Crippen LogP contribution in [0.4, 0.5) is 18.9 Å². The molecule has 1 aromatic heterocycles. The van der Waals surface area contributed by atoms with Crippen molar-refractivity contribution in [2.75, 3.05) is 17.7 Å². The van der Waals surface area contributed by atoms with E-state index in [1.165, 1.54) is 0 Å². The van der Waals surface area contributed by atoms with Gasteiger partial charge in [0, 0.05) is 5.56 Å². The fourth-order valence-corrected chi connectivity index (χ4v) is 3.22. The summed E-state index contributed by atoms with van der Waals surface area (Å²) >= 11 is 0.831. The zero-order valence-electron chi connectivity index (χ0n) is 15.9. The maximum Gasteiger partial charge on any atom is 0.433 e. The van der Waals surface area contributed by atoms with Gasteiger partial charge in [-0.15, -0.1) is 0 Å². The molecule has 2 aromatic carbocycles. The third-order valence-electron chi connectivity index (χ3n) is 3.86. The van der Waals surface area contributed by atoms with E-state index in [1.807, 2.05) is 6.92 Å². The molecule has 0 atom stereocenters. The van der Waals surface area contributed by atoms with Crippen LogP contribution in [0.5, 0.6) is 5.75 Å². The van der Waals surface area contributed by atoms with E-state index < -0.39 is 17.8 Å². The lowest BCUT2D eigenvalue weighted by Crippen LogP contribution is -2.16. The molecular formula is C21H18F3N3O2S. The summed E-state index contributed by atoms with van der Waals surface area (Å²) in [5, 5.41) is 2.57. The molecular weight excluding hydrogens is 415 g/mol. The van der Waals surface area contributed by atoms with Gasteiger partial charge < -0.3 is 10.1 Å². The van der Waals surface area contributed by atoms with Crippen LogP contribution in [0.25, 0.3) is 11.3 Å². The molecule has 0 bridgehead atoms. The number of carbonyl (C=O) groups excluding carboxylic acids is 1. The molecule has 9 heteroatoms. The van der Waals surface area contributed by atoms with Crippen LogP contribution in [-0.2, 0) is 11.0 Å². The average Bonchev–Trinajstić information content (AvgIpc) is 2.74. The summed E-state index contributed by atoms with van der Waals surface area (Å²) in [6.07, 6.45) is -4.62. The standard InChI is InChI=1S/C21H18F3N3O2S/c1-2-29-17-11-7-6-10-15(17)25-19(28)13-30-20-26-16(14-8-4-3-5-9-14)12-18(27-20)21(22,23)24/h3-12H,2,13H2,1H3,(H,25,28). The Morgan fingerprint density at radius 1 is 1.07 bits per heavy atom. The Kier molecular flexibility index (Phi) is 6.94. The highest BCUT2D eigenvalue weighted by Crippen LogP contribution is 2.32. The maximum atomic E-state index is 13.3. The number of para-hydroxylation sites is 2. The maximum absolute atomic E-state index is 13.3. The van der Waals surface area contributed by atoms with Crippen molar-refractivity contribution in [1.82, 2.24) is 9.97 Å². The van der Waals surface area contributed by atoms with Gasteiger partial charge >= 0.3 is 6.18 Å². The first-order chi connectivity index (χ1) is 14.4. The molecule has 0 aliphatic carbocycles. The smallest absolute Gasteiger partial charge is 0.433 e. The summed E-state index contributed by atoms with van der Waals surface area (Å²) in [4.78, 5) is 20.1. The number of nitrogens with zero attached hydrogens (tertiary/aromatic N) is 2. The molecule has 0 saturated carbocycles. The van der Waals surface area contributed by atoms with Crippen molar-refractivity contribution in [3.8, 4) is 17.0 Å². The summed E-state index contributed by atoms with van der Waals surface area (Å²) in [5.74, 6) is -0.0508. The number of thioether (sulfide) groups is 1. The monoisotopic (exact) mass is 433 g/mol. The molecule has 30 heavy (non-hydrogen) atoms. The number of rotatable bonds is 7. The SMILES string of the molecule is CCOc1ccccc1NC(=O)CSc1nc(-c2ccccc2)cc(C(F)(F)F)n1. The van der Waals surface area contributed by atoms with E-state index in [2.05, 4.69) is 15.3 Å². The molecule has 0 unspecified atom stereocenters. The average molecular weight is 433 g/mol. The second-order valence-corrected chi connectivity index (χ2v) is 6.99. The Labute approximate surface area is 175 Å². The molecule has 156 valence electrons. The van der Waals surface area contributed by atoms with Crippen LogP contribution >= 0.6 is 11.8 Å². The zero-order chi connectivity index (χ0) is 21.6. The fraction of sp³-hybridized carbons (Fsp3) is 0.190. The van der Waals surface area contributed by atoms with Gasteiger partial charge in [0.1, 0.15) is 11.4 Å². The van der Waals surface area contributed by atoms with Gasteiger partial charge in [-0.2, -0.15) is 13.2 Å². The Morgan fingerprint density at radius 3 is 2.47 bits per heavy atom. The number of carbonyl (C=O) groups is 1. The highest BCUT2D eigenvalue weighted by molar-refractivity contribution is 7.99. The van der Waals surface area contributed by atoms with Crippen LogP contribution < -0.4 is 10.1 Å². The molecule has 5 nitrogen and oxygen atoms in total. The fourth-order valence-electron chi connectivity index (χ4n) is 2.56. The molecule has 1 N–H and O–H groups in total. The first-order valence-corrected chi connectivity index (χ1v) is 10.0. The molecule has 3 rings (SSSR count). The van der Waals surface area contributed by atoms with E-state index in [9.17, 15) is 18.0 Å². The predicted molar refractivity (Wildman–Crippen MR) is 109 cm³/mol. The molecule has 0 spiro atoms. The molecule has 0 aliphatic rings. The van der Waals surface area contributed by atoms with Crippen molar-refractivity contribution in [3.63, 3.8) is 0 Å². The van der Waals surface area contributed by atoms with Gasteiger partial charge in [0.05, 0.1) is 23.7 Å². The Morgan fingerprint density at radius 2 is 1.77 bits per heavy atom. The number of anilines is 1. The van der Waals surface area contributed by atoms with E-state index in [0.29, 0.717) is 23.6 Å². The van der Waals surface area contributed by atoms with Gasteiger partial charge in [-0.05, 0) is 25.1 Å². The van der Waals surface area contributed by atoms with Crippen LogP contribution in [0, 0.1) is 0 Å². The minimum Gasteiger partial charge on any atom is -0.492 e. The second-order valence-electron chi connectivity index (χ2n) is 6.05. The minimum atomic E-state index is -4.62. The summed E-state index contributed by atoms with van der Waals surface area (Å²) < 4.78 is 45.3. The van der Waals surface area contributed by atoms with Gasteiger partial charge in [-0.25, -0.2) is 9.97 Å². The molecule has 1 amide bonds. The number of ether oxygens (including phenoxy) is 1. The largest absolute Gasteiger partial charge is 0.492 e. The van der Waals surface area contributed by atoms with Gasteiger partial charge in [0.25, 0.3) is 0 Å². The summed E-state index contributed by atoms with van der Waals surface area (Å²) in [7, 11) is 0. The summed E-state index contributed by atoms with van der Waals surface area (Å²) in [5.41, 5.74) is 0.103. The summed E-state index contributed by atoms with van der Waals surface area (Å²) in [6, 6.07) is 16.3. The third-order valence-corrected chi connectivity index (χ3v) is 4.71. The first-order valence-electron chi connectivity index (χ1n) is 9.03. The van der Waals surface area contributed by atoms with Crippen molar-refractivity contribution in [3.05, 3.63) is 66.4 Å². The van der Waals surface area contributed by atoms with E-state index in [0.717, 1.165) is 17.8 Å². The Bertz CT molecular complexity index is 1010. The summed E-state index contributed by atoms with van der Waals surface area (Å²) in [6.45, 7) is 2.26. The van der Waals surface area contributed by atoms with Gasteiger partial charge in [0.15, 0.2) is 5.16 Å². The van der Waals surface area contributed by atoms with Crippen LogP contribution in [0.15, 0.2) is 65.8 Å².